The SMILES string of the molecule is CC(C)(C)OC(=O)N[C@H]1CCCCNc2nc(ncc2-c2ccc(C3OCCO3)cn2)NCCCCCCCC1=O. The minimum Gasteiger partial charge on any atom is -0.444 e. The van der Waals surface area contributed by atoms with Crippen LogP contribution in [0.15, 0.2) is 24.5 Å². The average molecular weight is 569 g/mol. The summed E-state index contributed by atoms with van der Waals surface area (Å²) in [6.07, 6.45) is 10.1. The van der Waals surface area contributed by atoms with Gasteiger partial charge in [0.1, 0.15) is 11.4 Å². The Morgan fingerprint density at radius 3 is 2.44 bits per heavy atom. The summed E-state index contributed by atoms with van der Waals surface area (Å²) in [5, 5.41) is 9.60. The van der Waals surface area contributed by atoms with Gasteiger partial charge >= 0.3 is 6.09 Å². The molecule has 0 spiro atoms. The summed E-state index contributed by atoms with van der Waals surface area (Å²) in [6.45, 7) is 8.01. The smallest absolute Gasteiger partial charge is 0.408 e. The minimum atomic E-state index is -0.622. The predicted octanol–water partition coefficient (Wildman–Crippen LogP) is 5.39. The molecule has 1 saturated heterocycles. The number of hydrogen-bond donors (Lipinski definition) is 3. The summed E-state index contributed by atoms with van der Waals surface area (Å²) in [7, 11) is 0. The standard InChI is InChI=1S/C30H44N6O5/c1-30(2,3)41-29(38)35-24-11-8-10-15-31-26-22(23-14-13-21(19-33-23)27-39-17-18-40-27)20-34-28(36-26)32-16-9-6-4-5-7-12-25(24)37/h13-14,19-20,24,27H,4-12,15-18H2,1-3H3,(H,35,38)(H2,31,32,34,36)/t24-/m0/s1. The maximum atomic E-state index is 13.0. The van der Waals surface area contributed by atoms with Crippen LogP contribution < -0.4 is 16.0 Å². The maximum Gasteiger partial charge on any atom is 0.408 e. The number of ether oxygens (including phenoxy) is 3. The number of hydrogen-bond acceptors (Lipinski definition) is 10. The van der Waals surface area contributed by atoms with Gasteiger partial charge in [-0.15, -0.1) is 0 Å². The lowest BCUT2D eigenvalue weighted by Crippen LogP contribution is -2.43. The molecule has 1 fully saturated rings. The Hall–Kier alpha value is -3.31. The van der Waals surface area contributed by atoms with E-state index in [-0.39, 0.29) is 12.1 Å². The molecule has 1 atom stereocenters. The number of Topliss-reactive ketones (excluding diaryl/α,β-unsaturated/α-hetero) is 1. The van der Waals surface area contributed by atoms with Crippen LogP contribution in [-0.4, -0.2) is 64.8 Å². The molecule has 0 aromatic carbocycles. The number of nitrogens with zero attached hydrogens (tertiary/aromatic N) is 3. The van der Waals surface area contributed by atoms with E-state index in [1.165, 1.54) is 0 Å². The Labute approximate surface area is 242 Å². The van der Waals surface area contributed by atoms with Crippen molar-refractivity contribution in [1.82, 2.24) is 20.3 Å². The van der Waals surface area contributed by atoms with Crippen molar-refractivity contribution in [3.8, 4) is 11.3 Å². The van der Waals surface area contributed by atoms with Gasteiger partial charge < -0.3 is 30.2 Å². The van der Waals surface area contributed by atoms with E-state index in [0.717, 1.165) is 68.3 Å². The molecular formula is C30H44N6O5. The van der Waals surface area contributed by atoms with Gasteiger partial charge in [-0.2, -0.15) is 4.98 Å². The fraction of sp³-hybridized carbons (Fsp3) is 0.633. The minimum absolute atomic E-state index is 0.0669. The van der Waals surface area contributed by atoms with Crippen LogP contribution in [0.3, 0.4) is 0 Å². The highest BCUT2D eigenvalue weighted by Crippen LogP contribution is 2.28. The number of pyridine rings is 1. The van der Waals surface area contributed by atoms with Crippen molar-refractivity contribution in [1.29, 1.82) is 0 Å². The average Bonchev–Trinajstić information content (AvgIpc) is 3.47. The van der Waals surface area contributed by atoms with Crippen LogP contribution in [0.4, 0.5) is 16.6 Å². The van der Waals surface area contributed by atoms with Crippen LogP contribution in [0.1, 0.15) is 90.4 Å². The zero-order chi connectivity index (χ0) is 29.1. The molecule has 1 amide bonds. The van der Waals surface area contributed by atoms with Crippen molar-refractivity contribution in [2.24, 2.45) is 0 Å². The molecule has 4 rings (SSSR count). The van der Waals surface area contributed by atoms with E-state index >= 15 is 0 Å². The van der Waals surface area contributed by atoms with E-state index < -0.39 is 17.7 Å². The molecule has 3 N–H and O–H groups in total. The number of amides is 1. The van der Waals surface area contributed by atoms with Crippen molar-refractivity contribution in [2.45, 2.75) is 96.5 Å². The first kappa shape index (κ1) is 30.6. The molecule has 0 unspecified atom stereocenters. The summed E-state index contributed by atoms with van der Waals surface area (Å²) in [6, 6.07) is 3.33. The van der Waals surface area contributed by atoms with Gasteiger partial charge in [0.2, 0.25) is 5.95 Å². The first-order valence-corrected chi connectivity index (χ1v) is 14.8. The monoisotopic (exact) mass is 568 g/mol. The topological polar surface area (TPSA) is 137 Å². The molecule has 2 aliphatic heterocycles. The van der Waals surface area contributed by atoms with Crippen LogP contribution in [0.25, 0.3) is 11.3 Å². The summed E-state index contributed by atoms with van der Waals surface area (Å²) in [5.41, 5.74) is 1.79. The Bertz CT molecular complexity index is 1130. The van der Waals surface area contributed by atoms with Crippen LogP contribution in [-0.2, 0) is 19.0 Å². The van der Waals surface area contributed by atoms with E-state index in [1.807, 2.05) is 32.9 Å². The third kappa shape index (κ3) is 9.93. The fourth-order valence-corrected chi connectivity index (χ4v) is 4.82. The third-order valence-electron chi connectivity index (χ3n) is 6.92. The first-order valence-electron chi connectivity index (χ1n) is 14.8. The van der Waals surface area contributed by atoms with Crippen LogP contribution in [0, 0.1) is 0 Å². The van der Waals surface area contributed by atoms with Crippen molar-refractivity contribution in [3.05, 3.63) is 30.1 Å². The highest BCUT2D eigenvalue weighted by molar-refractivity contribution is 5.87. The Kier molecular flexibility index (Phi) is 11.3. The summed E-state index contributed by atoms with van der Waals surface area (Å²) >= 11 is 0. The number of carbonyl (C=O) groups excluding carboxylic acids is 2. The molecule has 2 aliphatic rings. The van der Waals surface area contributed by atoms with E-state index in [9.17, 15) is 9.59 Å². The second kappa shape index (κ2) is 15.1. The van der Waals surface area contributed by atoms with E-state index in [1.54, 1.807) is 12.4 Å². The molecule has 0 aliphatic carbocycles. The quantitative estimate of drug-likeness (QED) is 0.442. The van der Waals surface area contributed by atoms with Crippen LogP contribution >= 0.6 is 0 Å². The first-order chi connectivity index (χ1) is 19.8. The number of nitrogens with one attached hydrogen (secondary N) is 3. The summed E-state index contributed by atoms with van der Waals surface area (Å²) in [5.74, 6) is 1.34. The second-order valence-corrected chi connectivity index (χ2v) is 11.5. The van der Waals surface area contributed by atoms with Gasteiger partial charge in [-0.25, -0.2) is 9.78 Å². The molecule has 2 aromatic rings. The van der Waals surface area contributed by atoms with Gasteiger partial charge in [0, 0.05) is 37.5 Å². The molecular weight excluding hydrogens is 524 g/mol. The zero-order valence-corrected chi connectivity index (χ0v) is 24.5. The number of ketones is 1. The maximum absolute atomic E-state index is 13.0. The van der Waals surface area contributed by atoms with Crippen molar-refractivity contribution in [3.63, 3.8) is 0 Å². The number of fused-ring (bicyclic) bond motifs is 2. The number of anilines is 2. The van der Waals surface area contributed by atoms with Gasteiger partial charge in [-0.1, -0.05) is 25.3 Å². The van der Waals surface area contributed by atoms with E-state index in [2.05, 4.69) is 25.9 Å². The van der Waals surface area contributed by atoms with Crippen molar-refractivity contribution >= 4 is 23.6 Å². The molecule has 2 bridgehead atoms. The van der Waals surface area contributed by atoms with E-state index in [4.69, 9.17) is 19.2 Å². The highest BCUT2D eigenvalue weighted by Gasteiger charge is 2.24. The fourth-order valence-electron chi connectivity index (χ4n) is 4.82. The number of aromatic nitrogens is 3. The van der Waals surface area contributed by atoms with Crippen molar-refractivity contribution in [2.75, 3.05) is 36.9 Å². The molecule has 41 heavy (non-hydrogen) atoms. The van der Waals surface area contributed by atoms with Gasteiger partial charge in [-0.05, 0) is 58.9 Å². The van der Waals surface area contributed by atoms with Gasteiger partial charge in [0.15, 0.2) is 12.1 Å². The molecule has 11 nitrogen and oxygen atoms in total. The van der Waals surface area contributed by atoms with Crippen molar-refractivity contribution < 1.29 is 23.8 Å². The molecule has 4 heterocycles. The summed E-state index contributed by atoms with van der Waals surface area (Å²) < 4.78 is 16.6. The number of alkyl carbamates (subject to hydrolysis) is 1. The molecule has 224 valence electrons. The van der Waals surface area contributed by atoms with Gasteiger partial charge in [0.05, 0.1) is 30.5 Å². The Morgan fingerprint density at radius 1 is 0.951 bits per heavy atom. The lowest BCUT2D eigenvalue weighted by molar-refractivity contribution is -0.121. The number of carbonyl (C=O) groups is 2. The third-order valence-corrected chi connectivity index (χ3v) is 6.92. The predicted molar refractivity (Wildman–Crippen MR) is 157 cm³/mol. The lowest BCUT2D eigenvalue weighted by Gasteiger charge is -2.23. The van der Waals surface area contributed by atoms with Crippen LogP contribution in [0.2, 0.25) is 0 Å². The number of rotatable bonds is 3. The molecule has 2 aromatic heterocycles. The van der Waals surface area contributed by atoms with E-state index in [0.29, 0.717) is 44.4 Å². The molecule has 11 heteroatoms. The largest absolute Gasteiger partial charge is 0.444 e. The Morgan fingerprint density at radius 2 is 1.68 bits per heavy atom. The lowest BCUT2D eigenvalue weighted by atomic mass is 10.00. The zero-order valence-electron chi connectivity index (χ0n) is 24.5. The highest BCUT2D eigenvalue weighted by atomic mass is 16.7. The molecule has 0 radical (unpaired) electrons. The van der Waals surface area contributed by atoms with Gasteiger partial charge in [0.25, 0.3) is 0 Å². The van der Waals surface area contributed by atoms with Crippen LogP contribution in [0.5, 0.6) is 0 Å². The molecule has 0 saturated carbocycles. The second-order valence-electron chi connectivity index (χ2n) is 11.5. The normalized spacial score (nSPS) is 20.3. The Balaban J connectivity index is 1.44. The summed E-state index contributed by atoms with van der Waals surface area (Å²) in [4.78, 5) is 39.4. The van der Waals surface area contributed by atoms with Gasteiger partial charge in [-0.3, -0.25) is 9.78 Å².